The third kappa shape index (κ3) is 5.85. The number of hydrogen-bond donors (Lipinski definition) is 2. The summed E-state index contributed by atoms with van der Waals surface area (Å²) in [5.41, 5.74) is 9.71. The Hall–Kier alpha value is -3.77. The lowest BCUT2D eigenvalue weighted by Crippen LogP contribution is -2.37. The Morgan fingerprint density at radius 1 is 1.24 bits per heavy atom. The fourth-order valence-electron chi connectivity index (χ4n) is 2.17. The van der Waals surface area contributed by atoms with Crippen LogP contribution in [0.25, 0.3) is 16.5 Å². The molecule has 150 valence electrons. The molecule has 13 heteroatoms. The van der Waals surface area contributed by atoms with E-state index in [1.165, 1.54) is 36.4 Å². The van der Waals surface area contributed by atoms with Crippen LogP contribution in [0.4, 0.5) is 5.69 Å². The van der Waals surface area contributed by atoms with E-state index >= 15 is 0 Å². The van der Waals surface area contributed by atoms with Gasteiger partial charge in [0.05, 0.1) is 22.4 Å². The molecular weight excluding hydrogens is 400 g/mol. The minimum absolute atomic E-state index is 0.0150. The van der Waals surface area contributed by atoms with Gasteiger partial charge in [0.15, 0.2) is 0 Å². The quantitative estimate of drug-likeness (QED) is 0.166. The largest absolute Gasteiger partial charge is 0.291 e. The van der Waals surface area contributed by atoms with E-state index in [1.54, 1.807) is 18.2 Å². The Morgan fingerprint density at radius 2 is 1.97 bits per heavy atom. The van der Waals surface area contributed by atoms with Crippen LogP contribution in [-0.2, 0) is 26.3 Å². The van der Waals surface area contributed by atoms with E-state index < -0.39 is 15.9 Å². The summed E-state index contributed by atoms with van der Waals surface area (Å²) in [7, 11) is -4.04. The second-order valence-electron chi connectivity index (χ2n) is 5.39. The van der Waals surface area contributed by atoms with E-state index in [0.29, 0.717) is 15.5 Å². The average molecular weight is 416 g/mol. The van der Waals surface area contributed by atoms with Gasteiger partial charge in [-0.25, -0.2) is 10.3 Å². The standard InChI is InChI=1S/C16H16N8O4S/c17-22-20-11-13-2-1-3-15(10-13)29(26,27)24(18)14-7-4-12(5-8-14)6-9-16(25)21-23-28-19/h1-10H,11,18-19H2/b9-6+,23-21?. The molecule has 4 N–H and O–H groups in total. The van der Waals surface area contributed by atoms with Gasteiger partial charge in [0.25, 0.3) is 15.9 Å². The Labute approximate surface area is 165 Å². The zero-order chi connectivity index (χ0) is 21.3. The molecule has 0 spiro atoms. The molecule has 0 fully saturated rings. The number of sulfonamides is 1. The Bertz CT molecular complexity index is 1080. The zero-order valence-corrected chi connectivity index (χ0v) is 15.7. The number of hydrogen-bond acceptors (Lipinski definition) is 8. The first kappa shape index (κ1) is 21.5. The average Bonchev–Trinajstić information content (AvgIpc) is 2.74. The van der Waals surface area contributed by atoms with Crippen molar-refractivity contribution in [2.45, 2.75) is 11.4 Å². The molecule has 0 aromatic heterocycles. The Morgan fingerprint density at radius 3 is 2.62 bits per heavy atom. The normalized spacial score (nSPS) is 11.4. The number of nitrogens with two attached hydrogens (primary N) is 2. The van der Waals surface area contributed by atoms with Crippen LogP contribution in [0.5, 0.6) is 0 Å². The zero-order valence-electron chi connectivity index (χ0n) is 14.9. The van der Waals surface area contributed by atoms with E-state index in [1.807, 2.05) is 0 Å². The monoisotopic (exact) mass is 416 g/mol. The summed E-state index contributed by atoms with van der Waals surface area (Å²) in [4.78, 5) is 17.7. The van der Waals surface area contributed by atoms with Gasteiger partial charge in [0.1, 0.15) is 0 Å². The highest BCUT2D eigenvalue weighted by Gasteiger charge is 2.22. The molecule has 2 aromatic carbocycles. The number of carbonyl (C=O) groups is 1. The molecule has 0 aliphatic carbocycles. The van der Waals surface area contributed by atoms with E-state index in [-0.39, 0.29) is 17.1 Å². The first-order chi connectivity index (χ1) is 13.9. The van der Waals surface area contributed by atoms with Gasteiger partial charge in [-0.15, -0.1) is 5.90 Å². The highest BCUT2D eigenvalue weighted by Crippen LogP contribution is 2.22. The predicted octanol–water partition coefficient (Wildman–Crippen LogP) is 2.36. The van der Waals surface area contributed by atoms with Crippen molar-refractivity contribution in [1.29, 1.82) is 0 Å². The molecular formula is C16H16N8O4S. The molecule has 2 aromatic rings. The summed E-state index contributed by atoms with van der Waals surface area (Å²) in [6.45, 7) is 0.0150. The number of rotatable bonds is 8. The van der Waals surface area contributed by atoms with Crippen LogP contribution in [0.2, 0.25) is 0 Å². The number of hydrazine groups is 1. The molecule has 0 saturated carbocycles. The van der Waals surface area contributed by atoms with Crippen LogP contribution in [0.15, 0.2) is 75.0 Å². The number of azide groups is 1. The second kappa shape index (κ2) is 9.96. The SMILES string of the molecule is [N-]=[N+]=NCc1cccc(S(=O)(=O)N(N)c2ccc(/C=C/C(=O)N=NON)cc2)c1. The third-order valence-corrected chi connectivity index (χ3v) is 5.10. The van der Waals surface area contributed by atoms with E-state index in [0.717, 1.165) is 6.08 Å². The van der Waals surface area contributed by atoms with Crippen LogP contribution in [0.3, 0.4) is 0 Å². The summed E-state index contributed by atoms with van der Waals surface area (Å²) < 4.78 is 26.1. The van der Waals surface area contributed by atoms with Crippen LogP contribution < -0.4 is 16.2 Å². The lowest BCUT2D eigenvalue weighted by molar-refractivity contribution is -0.114. The molecule has 0 radical (unpaired) electrons. The number of anilines is 1. The smallest absolute Gasteiger partial charge is 0.282 e. The topological polar surface area (TPSA) is 189 Å². The fourth-order valence-corrected chi connectivity index (χ4v) is 3.34. The highest BCUT2D eigenvalue weighted by molar-refractivity contribution is 7.92. The predicted molar refractivity (Wildman–Crippen MR) is 104 cm³/mol. The summed E-state index contributed by atoms with van der Waals surface area (Å²) in [6.07, 6.45) is 2.57. The molecule has 0 bridgehead atoms. The van der Waals surface area contributed by atoms with Crippen molar-refractivity contribution >= 4 is 27.7 Å². The van der Waals surface area contributed by atoms with Crippen molar-refractivity contribution in [3.05, 3.63) is 76.2 Å². The molecule has 1 amide bonds. The maximum atomic E-state index is 12.8. The van der Waals surface area contributed by atoms with E-state index in [2.05, 4.69) is 31.3 Å². The van der Waals surface area contributed by atoms with Gasteiger partial charge in [-0.05, 0) is 47.0 Å². The number of benzene rings is 2. The summed E-state index contributed by atoms with van der Waals surface area (Å²) in [6, 6.07) is 12.0. The van der Waals surface area contributed by atoms with Gasteiger partial charge in [0, 0.05) is 11.0 Å². The van der Waals surface area contributed by atoms with E-state index in [9.17, 15) is 13.2 Å². The van der Waals surface area contributed by atoms with Crippen LogP contribution >= 0.6 is 0 Å². The number of carbonyl (C=O) groups excluding carboxylic acids is 1. The van der Waals surface area contributed by atoms with Gasteiger partial charge in [-0.1, -0.05) is 34.5 Å². The van der Waals surface area contributed by atoms with Gasteiger partial charge >= 0.3 is 0 Å². The van der Waals surface area contributed by atoms with Crippen LogP contribution in [0, 0.1) is 0 Å². The van der Waals surface area contributed by atoms with Crippen LogP contribution in [0.1, 0.15) is 11.1 Å². The van der Waals surface area contributed by atoms with E-state index in [4.69, 9.17) is 11.4 Å². The maximum Gasteiger partial charge on any atom is 0.291 e. The molecule has 0 unspecified atom stereocenters. The van der Waals surface area contributed by atoms with Gasteiger partial charge < -0.3 is 0 Å². The second-order valence-corrected chi connectivity index (χ2v) is 7.20. The third-order valence-electron chi connectivity index (χ3n) is 3.52. The van der Waals surface area contributed by atoms with Crippen molar-refractivity contribution in [2.24, 2.45) is 27.2 Å². The summed E-state index contributed by atoms with van der Waals surface area (Å²) in [5, 5.41) is 9.41. The molecule has 29 heavy (non-hydrogen) atoms. The first-order valence-electron chi connectivity index (χ1n) is 7.87. The van der Waals surface area contributed by atoms with Crippen molar-refractivity contribution in [1.82, 2.24) is 0 Å². The van der Waals surface area contributed by atoms with Crippen molar-refractivity contribution in [2.75, 3.05) is 4.41 Å². The van der Waals surface area contributed by atoms with Crippen LogP contribution in [-0.4, -0.2) is 14.3 Å². The van der Waals surface area contributed by atoms with Crippen molar-refractivity contribution < 1.29 is 18.2 Å². The molecule has 0 aliphatic heterocycles. The fraction of sp³-hybridized carbons (Fsp3) is 0.0625. The Kier molecular flexibility index (Phi) is 7.40. The lowest BCUT2D eigenvalue weighted by Gasteiger charge is -2.19. The molecule has 0 aliphatic rings. The number of amides is 1. The van der Waals surface area contributed by atoms with Crippen molar-refractivity contribution in [3.8, 4) is 0 Å². The molecule has 12 nitrogen and oxygen atoms in total. The Balaban J connectivity index is 2.20. The summed E-state index contributed by atoms with van der Waals surface area (Å²) in [5.74, 6) is 9.74. The van der Waals surface area contributed by atoms with Gasteiger partial charge in [-0.2, -0.15) is 8.42 Å². The van der Waals surface area contributed by atoms with Gasteiger partial charge in [-0.3, -0.25) is 9.73 Å². The molecule has 0 saturated heterocycles. The molecule has 0 atom stereocenters. The van der Waals surface area contributed by atoms with Gasteiger partial charge in [0.2, 0.25) is 0 Å². The number of nitrogens with zero attached hydrogens (tertiary/aromatic N) is 6. The molecule has 2 rings (SSSR count). The lowest BCUT2D eigenvalue weighted by atomic mass is 10.2. The summed E-state index contributed by atoms with van der Waals surface area (Å²) >= 11 is 0. The minimum Gasteiger partial charge on any atom is -0.282 e. The minimum atomic E-state index is -4.04. The first-order valence-corrected chi connectivity index (χ1v) is 9.31. The highest BCUT2D eigenvalue weighted by atomic mass is 32.2. The van der Waals surface area contributed by atoms with Crippen molar-refractivity contribution in [3.63, 3.8) is 0 Å². The maximum absolute atomic E-state index is 12.8. The molecule has 0 heterocycles.